The van der Waals surface area contributed by atoms with E-state index in [-0.39, 0.29) is 5.84 Å². The van der Waals surface area contributed by atoms with E-state index < -0.39 is 0 Å². The molecule has 0 aliphatic heterocycles. The van der Waals surface area contributed by atoms with Gasteiger partial charge in [0.1, 0.15) is 0 Å². The Bertz CT molecular complexity index is 303. The minimum absolute atomic E-state index is 0.240. The number of benzene rings is 1. The van der Waals surface area contributed by atoms with Gasteiger partial charge in [0.2, 0.25) is 0 Å². The molecule has 76 valence electrons. The van der Waals surface area contributed by atoms with E-state index in [0.717, 1.165) is 12.2 Å². The Morgan fingerprint density at radius 3 is 2.43 bits per heavy atom. The van der Waals surface area contributed by atoms with Crippen molar-refractivity contribution in [2.45, 2.75) is 13.3 Å². The van der Waals surface area contributed by atoms with Gasteiger partial charge >= 0.3 is 0 Å². The minimum Gasteiger partial charge on any atom is -0.388 e. The van der Waals surface area contributed by atoms with Gasteiger partial charge in [0.25, 0.3) is 0 Å². The van der Waals surface area contributed by atoms with Crippen molar-refractivity contribution in [3.8, 4) is 0 Å². The predicted molar refractivity (Wildman–Crippen MR) is 61.0 cm³/mol. The highest BCUT2D eigenvalue weighted by atomic mass is 15.1. The topological polar surface area (TPSA) is 53.1 Å². The van der Waals surface area contributed by atoms with Crippen LogP contribution in [0.15, 0.2) is 24.3 Å². The molecule has 0 atom stereocenters. The SMILES string of the molecule is Cc1ccc(N(C)CCC(=N)N)cc1. The van der Waals surface area contributed by atoms with Crippen molar-refractivity contribution in [2.24, 2.45) is 5.73 Å². The second kappa shape index (κ2) is 4.65. The first-order valence-corrected chi connectivity index (χ1v) is 4.70. The quantitative estimate of drug-likeness (QED) is 0.563. The van der Waals surface area contributed by atoms with Gasteiger partial charge in [-0.05, 0) is 19.1 Å². The molecule has 0 fully saturated rings. The average Bonchev–Trinajstić information content (AvgIpc) is 2.15. The molecule has 3 heteroatoms. The minimum atomic E-state index is 0.240. The van der Waals surface area contributed by atoms with Crippen LogP contribution in [0, 0.1) is 12.3 Å². The third-order valence-corrected chi connectivity index (χ3v) is 2.19. The maximum Gasteiger partial charge on any atom is 0.0923 e. The van der Waals surface area contributed by atoms with Crippen LogP contribution in [0.1, 0.15) is 12.0 Å². The molecule has 0 spiro atoms. The Balaban J connectivity index is 2.56. The maximum absolute atomic E-state index is 7.14. The van der Waals surface area contributed by atoms with Crippen molar-refractivity contribution in [2.75, 3.05) is 18.5 Å². The molecule has 1 rings (SSSR count). The molecule has 0 aliphatic rings. The van der Waals surface area contributed by atoms with Gasteiger partial charge in [0, 0.05) is 25.7 Å². The standard InChI is InChI=1S/C11H17N3/c1-9-3-5-10(6-4-9)14(2)8-7-11(12)13/h3-6H,7-8H2,1-2H3,(H3,12,13). The Morgan fingerprint density at radius 2 is 1.93 bits per heavy atom. The lowest BCUT2D eigenvalue weighted by atomic mass is 10.2. The van der Waals surface area contributed by atoms with Gasteiger partial charge in [-0.2, -0.15) is 0 Å². The molecule has 14 heavy (non-hydrogen) atoms. The molecule has 0 unspecified atom stereocenters. The maximum atomic E-state index is 7.14. The number of nitrogens with one attached hydrogen (secondary N) is 1. The van der Waals surface area contributed by atoms with Crippen molar-refractivity contribution in [3.63, 3.8) is 0 Å². The lowest BCUT2D eigenvalue weighted by Gasteiger charge is -2.18. The summed E-state index contributed by atoms with van der Waals surface area (Å²) >= 11 is 0. The number of aryl methyl sites for hydroxylation is 1. The first-order valence-electron chi connectivity index (χ1n) is 4.70. The second-order valence-corrected chi connectivity index (χ2v) is 3.53. The van der Waals surface area contributed by atoms with Crippen molar-refractivity contribution in [1.29, 1.82) is 5.41 Å². The Labute approximate surface area is 85.0 Å². The largest absolute Gasteiger partial charge is 0.388 e. The summed E-state index contributed by atoms with van der Waals surface area (Å²) in [7, 11) is 2.01. The molecule has 0 amide bonds. The number of nitrogens with two attached hydrogens (primary N) is 1. The molecule has 3 N–H and O–H groups in total. The molecule has 0 bridgehead atoms. The lowest BCUT2D eigenvalue weighted by molar-refractivity contribution is 0.910. The van der Waals surface area contributed by atoms with Gasteiger partial charge in [-0.1, -0.05) is 17.7 Å². The summed E-state index contributed by atoms with van der Waals surface area (Å²) in [6, 6.07) is 8.32. The molecule has 1 aromatic rings. The fourth-order valence-electron chi connectivity index (χ4n) is 1.22. The first kappa shape index (κ1) is 10.6. The summed E-state index contributed by atoms with van der Waals surface area (Å²) in [4.78, 5) is 2.10. The smallest absolute Gasteiger partial charge is 0.0923 e. The van der Waals surface area contributed by atoms with Crippen LogP contribution < -0.4 is 10.6 Å². The van der Waals surface area contributed by atoms with Crippen LogP contribution in [0.2, 0.25) is 0 Å². The van der Waals surface area contributed by atoms with Crippen LogP contribution in [0.3, 0.4) is 0 Å². The monoisotopic (exact) mass is 191 g/mol. The summed E-state index contributed by atoms with van der Waals surface area (Å²) in [5.74, 6) is 0.240. The molecule has 0 aromatic heterocycles. The summed E-state index contributed by atoms with van der Waals surface area (Å²) < 4.78 is 0. The fraction of sp³-hybridized carbons (Fsp3) is 0.364. The Morgan fingerprint density at radius 1 is 1.36 bits per heavy atom. The Kier molecular flexibility index (Phi) is 3.51. The van der Waals surface area contributed by atoms with Crippen LogP contribution in [-0.4, -0.2) is 19.4 Å². The van der Waals surface area contributed by atoms with E-state index >= 15 is 0 Å². The normalized spacial score (nSPS) is 9.86. The number of amidine groups is 1. The molecule has 3 nitrogen and oxygen atoms in total. The molecule has 0 saturated carbocycles. The number of rotatable bonds is 4. The molecular weight excluding hydrogens is 174 g/mol. The number of hydrogen-bond donors (Lipinski definition) is 2. The van der Waals surface area contributed by atoms with Crippen molar-refractivity contribution in [1.82, 2.24) is 0 Å². The van der Waals surface area contributed by atoms with Gasteiger partial charge in [-0.15, -0.1) is 0 Å². The average molecular weight is 191 g/mol. The van der Waals surface area contributed by atoms with Gasteiger partial charge in [-0.3, -0.25) is 5.41 Å². The van der Waals surface area contributed by atoms with E-state index in [1.165, 1.54) is 5.56 Å². The van der Waals surface area contributed by atoms with Crippen LogP contribution >= 0.6 is 0 Å². The third-order valence-electron chi connectivity index (χ3n) is 2.19. The number of hydrogen-bond acceptors (Lipinski definition) is 2. The molecule has 0 aliphatic carbocycles. The van der Waals surface area contributed by atoms with E-state index in [0.29, 0.717) is 6.42 Å². The highest BCUT2D eigenvalue weighted by Crippen LogP contribution is 2.13. The summed E-state index contributed by atoms with van der Waals surface area (Å²) in [6.45, 7) is 2.86. The number of anilines is 1. The summed E-state index contributed by atoms with van der Waals surface area (Å²) in [5.41, 5.74) is 7.72. The van der Waals surface area contributed by atoms with E-state index in [1.807, 2.05) is 7.05 Å². The molecule has 0 saturated heterocycles. The van der Waals surface area contributed by atoms with Crippen LogP contribution in [-0.2, 0) is 0 Å². The molecular formula is C11H17N3. The highest BCUT2D eigenvalue weighted by Gasteiger charge is 2.00. The van der Waals surface area contributed by atoms with Gasteiger partial charge in [-0.25, -0.2) is 0 Å². The van der Waals surface area contributed by atoms with Crippen LogP contribution in [0.25, 0.3) is 0 Å². The van der Waals surface area contributed by atoms with Crippen LogP contribution in [0.5, 0.6) is 0 Å². The second-order valence-electron chi connectivity index (χ2n) is 3.53. The van der Waals surface area contributed by atoms with Crippen LogP contribution in [0.4, 0.5) is 5.69 Å². The summed E-state index contributed by atoms with van der Waals surface area (Å²) in [6.07, 6.45) is 0.615. The van der Waals surface area contributed by atoms with Crippen molar-refractivity contribution < 1.29 is 0 Å². The third kappa shape index (κ3) is 3.09. The zero-order chi connectivity index (χ0) is 10.6. The van der Waals surface area contributed by atoms with E-state index in [1.54, 1.807) is 0 Å². The van der Waals surface area contributed by atoms with E-state index in [4.69, 9.17) is 11.1 Å². The molecule has 1 aromatic carbocycles. The van der Waals surface area contributed by atoms with E-state index in [2.05, 4.69) is 36.1 Å². The highest BCUT2D eigenvalue weighted by molar-refractivity contribution is 5.77. The summed E-state index contributed by atoms with van der Waals surface area (Å²) in [5, 5.41) is 7.14. The van der Waals surface area contributed by atoms with Gasteiger partial charge in [0.05, 0.1) is 5.84 Å². The predicted octanol–water partition coefficient (Wildman–Crippen LogP) is 1.76. The fourth-order valence-corrected chi connectivity index (χ4v) is 1.22. The first-order chi connectivity index (χ1) is 6.59. The lowest BCUT2D eigenvalue weighted by Crippen LogP contribution is -2.23. The van der Waals surface area contributed by atoms with Crippen molar-refractivity contribution in [3.05, 3.63) is 29.8 Å². The molecule has 0 radical (unpaired) electrons. The van der Waals surface area contributed by atoms with Crippen molar-refractivity contribution >= 4 is 11.5 Å². The van der Waals surface area contributed by atoms with Gasteiger partial charge < -0.3 is 10.6 Å². The van der Waals surface area contributed by atoms with Gasteiger partial charge in [0.15, 0.2) is 0 Å². The van der Waals surface area contributed by atoms with E-state index in [9.17, 15) is 0 Å². The zero-order valence-electron chi connectivity index (χ0n) is 8.75. The zero-order valence-corrected chi connectivity index (χ0v) is 8.75. The Hall–Kier alpha value is -1.51. The molecule has 0 heterocycles. The number of nitrogens with zero attached hydrogens (tertiary/aromatic N) is 1.